The minimum Gasteiger partial charge on any atom is -0.493 e. The van der Waals surface area contributed by atoms with Crippen LogP contribution >= 0.6 is 15.9 Å². The van der Waals surface area contributed by atoms with Gasteiger partial charge in [-0.25, -0.2) is 8.78 Å². The Bertz CT molecular complexity index is 715. The lowest BCUT2D eigenvalue weighted by atomic mass is 9.86. The van der Waals surface area contributed by atoms with Crippen molar-refractivity contribution in [3.63, 3.8) is 0 Å². The van der Waals surface area contributed by atoms with Crippen LogP contribution in [0.2, 0.25) is 0 Å². The van der Waals surface area contributed by atoms with Crippen LogP contribution in [0.4, 0.5) is 8.78 Å². The van der Waals surface area contributed by atoms with Gasteiger partial charge in [0.05, 0.1) is 22.6 Å². The number of fused-ring (bicyclic) bond motifs is 1. The average Bonchev–Trinajstić information content (AvgIpc) is 2.49. The van der Waals surface area contributed by atoms with Gasteiger partial charge in [-0.05, 0) is 40.5 Å². The predicted molar refractivity (Wildman–Crippen MR) is 77.7 cm³/mol. The number of carbonyl (C=O) groups is 1. The number of Topliss-reactive ketones (excluding diaryl/α,β-unsaturated/α-hetero) is 1. The maximum Gasteiger partial charge on any atom is 0.173 e. The Morgan fingerprint density at radius 3 is 2.76 bits per heavy atom. The van der Waals surface area contributed by atoms with Crippen molar-refractivity contribution in [1.29, 1.82) is 0 Å². The zero-order valence-electron chi connectivity index (χ0n) is 10.9. The monoisotopic (exact) mass is 352 g/mol. The van der Waals surface area contributed by atoms with Gasteiger partial charge in [0.15, 0.2) is 5.78 Å². The molecule has 2 aromatic carbocycles. The molecule has 3 rings (SSSR count). The number of hydrogen-bond acceptors (Lipinski definition) is 2. The fourth-order valence-electron chi connectivity index (χ4n) is 2.51. The lowest BCUT2D eigenvalue weighted by molar-refractivity contribution is 0.0928. The molecular weight excluding hydrogens is 342 g/mol. The summed E-state index contributed by atoms with van der Waals surface area (Å²) in [5.41, 5.74) is 0.494. The van der Waals surface area contributed by atoms with Crippen molar-refractivity contribution in [2.45, 2.75) is 12.3 Å². The molecule has 2 aromatic rings. The first-order valence-electron chi connectivity index (χ1n) is 6.48. The van der Waals surface area contributed by atoms with Gasteiger partial charge in [0, 0.05) is 5.56 Å². The fraction of sp³-hybridized carbons (Fsp3) is 0.188. The first-order valence-corrected chi connectivity index (χ1v) is 7.27. The van der Waals surface area contributed by atoms with Crippen molar-refractivity contribution in [3.05, 3.63) is 63.6 Å². The van der Waals surface area contributed by atoms with Crippen LogP contribution < -0.4 is 4.74 Å². The molecule has 0 bridgehead atoms. The summed E-state index contributed by atoms with van der Waals surface area (Å²) in [7, 11) is 0. The van der Waals surface area contributed by atoms with Crippen molar-refractivity contribution in [1.82, 2.24) is 0 Å². The van der Waals surface area contributed by atoms with Crippen LogP contribution in [-0.4, -0.2) is 12.4 Å². The summed E-state index contributed by atoms with van der Waals surface area (Å²) in [5, 5.41) is 0. The van der Waals surface area contributed by atoms with Crippen LogP contribution in [-0.2, 0) is 0 Å². The summed E-state index contributed by atoms with van der Waals surface area (Å²) >= 11 is 2.90. The van der Waals surface area contributed by atoms with Crippen LogP contribution in [0, 0.1) is 11.6 Å². The van der Waals surface area contributed by atoms with Crippen LogP contribution in [0.15, 0.2) is 40.9 Å². The summed E-state index contributed by atoms with van der Waals surface area (Å²) in [4.78, 5) is 12.6. The number of rotatable bonds is 2. The lowest BCUT2D eigenvalue weighted by Gasteiger charge is -2.25. The molecule has 0 aliphatic carbocycles. The molecule has 0 N–H and O–H groups in total. The topological polar surface area (TPSA) is 26.3 Å². The number of ether oxygens (including phenoxy) is 1. The molecule has 21 heavy (non-hydrogen) atoms. The number of carbonyl (C=O) groups excluding carboxylic acids is 1. The van der Waals surface area contributed by atoms with Crippen molar-refractivity contribution < 1.29 is 18.3 Å². The molecule has 1 atom stereocenters. The van der Waals surface area contributed by atoms with Crippen LogP contribution in [0.1, 0.15) is 28.3 Å². The minimum absolute atomic E-state index is 0.00364. The van der Waals surface area contributed by atoms with Crippen molar-refractivity contribution in [3.8, 4) is 5.75 Å². The highest BCUT2D eigenvalue weighted by molar-refractivity contribution is 9.10. The number of ketones is 1. The SMILES string of the molecule is O=C(c1cc(F)c(Br)cc1F)C1CCOc2ccccc21. The van der Waals surface area contributed by atoms with E-state index < -0.39 is 23.3 Å². The molecule has 108 valence electrons. The third-order valence-electron chi connectivity index (χ3n) is 3.55. The third kappa shape index (κ3) is 2.58. The number of benzene rings is 2. The van der Waals surface area contributed by atoms with Crippen LogP contribution in [0.25, 0.3) is 0 Å². The van der Waals surface area contributed by atoms with Gasteiger partial charge in [-0.1, -0.05) is 18.2 Å². The largest absolute Gasteiger partial charge is 0.493 e. The Morgan fingerprint density at radius 2 is 1.95 bits per heavy atom. The van der Waals surface area contributed by atoms with E-state index in [4.69, 9.17) is 4.74 Å². The molecule has 0 aromatic heterocycles. The molecule has 0 spiro atoms. The van der Waals surface area contributed by atoms with E-state index in [0.717, 1.165) is 17.7 Å². The highest BCUT2D eigenvalue weighted by Crippen LogP contribution is 2.36. The highest BCUT2D eigenvalue weighted by atomic mass is 79.9. The molecule has 5 heteroatoms. The van der Waals surface area contributed by atoms with E-state index in [1.54, 1.807) is 18.2 Å². The standard InChI is InChI=1S/C16H11BrF2O2/c17-12-8-13(18)11(7-14(12)19)16(20)10-5-6-21-15-4-2-1-3-9(10)15/h1-4,7-8,10H,5-6H2. The third-order valence-corrected chi connectivity index (χ3v) is 4.16. The molecule has 1 unspecified atom stereocenters. The predicted octanol–water partition coefficient (Wildman–Crippen LogP) is 4.48. The summed E-state index contributed by atoms with van der Waals surface area (Å²) < 4.78 is 33.0. The molecule has 0 saturated carbocycles. The van der Waals surface area contributed by atoms with Crippen LogP contribution in [0.5, 0.6) is 5.75 Å². The molecule has 1 aliphatic heterocycles. The van der Waals surface area contributed by atoms with Gasteiger partial charge in [-0.15, -0.1) is 0 Å². The Balaban J connectivity index is 2.03. The van der Waals surface area contributed by atoms with Crippen molar-refractivity contribution >= 4 is 21.7 Å². The van der Waals surface area contributed by atoms with Gasteiger partial charge in [-0.3, -0.25) is 4.79 Å². The second kappa shape index (κ2) is 5.56. The molecule has 0 amide bonds. The van der Waals surface area contributed by atoms with Gasteiger partial charge in [0.25, 0.3) is 0 Å². The fourth-order valence-corrected chi connectivity index (χ4v) is 2.83. The van der Waals surface area contributed by atoms with E-state index in [2.05, 4.69) is 15.9 Å². The Kier molecular flexibility index (Phi) is 3.76. The lowest BCUT2D eigenvalue weighted by Crippen LogP contribution is -2.22. The van der Waals surface area contributed by atoms with Crippen molar-refractivity contribution in [2.24, 2.45) is 0 Å². The maximum absolute atomic E-state index is 14.0. The van der Waals surface area contributed by atoms with E-state index in [1.165, 1.54) is 0 Å². The smallest absolute Gasteiger partial charge is 0.173 e. The maximum atomic E-state index is 14.0. The molecule has 0 saturated heterocycles. The van der Waals surface area contributed by atoms with Gasteiger partial charge in [0.1, 0.15) is 17.4 Å². The van der Waals surface area contributed by atoms with Gasteiger partial charge >= 0.3 is 0 Å². The van der Waals surface area contributed by atoms with Gasteiger partial charge < -0.3 is 4.74 Å². The molecule has 1 aliphatic rings. The summed E-state index contributed by atoms with van der Waals surface area (Å²) in [5.74, 6) is -1.68. The van der Waals surface area contributed by atoms with Gasteiger partial charge in [-0.2, -0.15) is 0 Å². The van der Waals surface area contributed by atoms with Crippen LogP contribution in [0.3, 0.4) is 0 Å². The Labute approximate surface area is 128 Å². The van der Waals surface area contributed by atoms with E-state index in [1.807, 2.05) is 6.07 Å². The molecular formula is C16H11BrF2O2. The Hall–Kier alpha value is -1.75. The second-order valence-electron chi connectivity index (χ2n) is 4.84. The number of halogens is 3. The quantitative estimate of drug-likeness (QED) is 0.588. The zero-order valence-corrected chi connectivity index (χ0v) is 12.5. The first kappa shape index (κ1) is 14.2. The molecule has 0 radical (unpaired) electrons. The summed E-state index contributed by atoms with van der Waals surface area (Å²) in [6.07, 6.45) is 0.451. The average molecular weight is 353 g/mol. The zero-order chi connectivity index (χ0) is 15.0. The highest BCUT2D eigenvalue weighted by Gasteiger charge is 2.30. The number of hydrogen-bond donors (Lipinski definition) is 0. The van der Waals surface area contributed by atoms with E-state index >= 15 is 0 Å². The van der Waals surface area contributed by atoms with Gasteiger partial charge in [0.2, 0.25) is 0 Å². The second-order valence-corrected chi connectivity index (χ2v) is 5.69. The molecule has 0 fully saturated rings. The Morgan fingerprint density at radius 1 is 1.19 bits per heavy atom. The number of para-hydroxylation sites is 1. The normalized spacial score (nSPS) is 17.0. The van der Waals surface area contributed by atoms with E-state index in [0.29, 0.717) is 18.8 Å². The van der Waals surface area contributed by atoms with Crippen molar-refractivity contribution in [2.75, 3.05) is 6.61 Å². The van der Waals surface area contributed by atoms with E-state index in [9.17, 15) is 13.6 Å². The minimum atomic E-state index is -0.725. The summed E-state index contributed by atoms with van der Waals surface area (Å²) in [6, 6.07) is 9.09. The first-order chi connectivity index (χ1) is 10.1. The summed E-state index contributed by atoms with van der Waals surface area (Å²) in [6.45, 7) is 0.383. The molecule has 2 nitrogen and oxygen atoms in total. The van der Waals surface area contributed by atoms with E-state index in [-0.39, 0.29) is 10.0 Å². The molecule has 1 heterocycles.